The third-order valence-electron chi connectivity index (χ3n) is 5.73. The first-order valence-electron chi connectivity index (χ1n) is 12.2. The lowest BCUT2D eigenvalue weighted by molar-refractivity contribution is -0.122. The van der Waals surface area contributed by atoms with E-state index in [2.05, 4.69) is 45.8 Å². The molecule has 2 aromatic carbocycles. The van der Waals surface area contributed by atoms with Gasteiger partial charge in [0.1, 0.15) is 12.3 Å². The Morgan fingerprint density at radius 1 is 1.08 bits per heavy atom. The zero-order chi connectivity index (χ0) is 27.0. The Kier molecular flexibility index (Phi) is 8.17. The molecule has 1 saturated heterocycles. The van der Waals surface area contributed by atoms with Crippen LogP contribution in [0.3, 0.4) is 0 Å². The van der Waals surface area contributed by atoms with Gasteiger partial charge in [-0.05, 0) is 54.3 Å². The molecule has 39 heavy (non-hydrogen) atoms. The van der Waals surface area contributed by atoms with Crippen LogP contribution in [0.25, 0.3) is 11.4 Å². The Balaban J connectivity index is 1.19. The maximum Gasteiger partial charge on any atom is 0.330 e. The molecular weight excluding hydrogens is 524 g/mol. The van der Waals surface area contributed by atoms with E-state index in [0.29, 0.717) is 33.7 Å². The van der Waals surface area contributed by atoms with E-state index in [1.54, 1.807) is 36.4 Å². The molecule has 13 nitrogen and oxygen atoms in total. The zero-order valence-electron chi connectivity index (χ0n) is 21.1. The second kappa shape index (κ2) is 12.3. The van der Waals surface area contributed by atoms with Crippen LogP contribution in [0.1, 0.15) is 24.8 Å². The van der Waals surface area contributed by atoms with E-state index in [1.807, 2.05) is 12.1 Å². The fourth-order valence-corrected chi connectivity index (χ4v) is 4.09. The van der Waals surface area contributed by atoms with Crippen LogP contribution in [-0.2, 0) is 11.3 Å². The van der Waals surface area contributed by atoms with Crippen molar-refractivity contribution in [2.75, 3.05) is 25.1 Å². The van der Waals surface area contributed by atoms with E-state index >= 15 is 0 Å². The van der Waals surface area contributed by atoms with Gasteiger partial charge in [0, 0.05) is 18.7 Å². The van der Waals surface area contributed by atoms with Crippen LogP contribution in [-0.4, -0.2) is 67.5 Å². The van der Waals surface area contributed by atoms with Crippen LogP contribution in [0.5, 0.6) is 17.8 Å². The van der Waals surface area contributed by atoms with Gasteiger partial charge in [-0.1, -0.05) is 35.9 Å². The van der Waals surface area contributed by atoms with Crippen LogP contribution >= 0.6 is 11.6 Å². The molecule has 1 aliphatic heterocycles. The smallest absolute Gasteiger partial charge is 0.330 e. The summed E-state index contributed by atoms with van der Waals surface area (Å²) in [5.74, 6) is 0.914. The summed E-state index contributed by atoms with van der Waals surface area (Å²) < 4.78 is 11.1. The molecule has 0 saturated carbocycles. The number of benzene rings is 2. The molecule has 1 N–H and O–H groups in total. The molecule has 1 aliphatic rings. The molecule has 0 spiro atoms. The molecule has 1 fully saturated rings. The number of hydrazone groups is 1. The van der Waals surface area contributed by atoms with Gasteiger partial charge in [-0.2, -0.15) is 19.9 Å². The van der Waals surface area contributed by atoms with Gasteiger partial charge in [0.25, 0.3) is 5.91 Å². The number of carbonyl (C=O) groups excluding carboxylic acids is 1. The van der Waals surface area contributed by atoms with E-state index < -0.39 is 5.91 Å². The first-order chi connectivity index (χ1) is 19.1. The molecular formula is C25H25ClN10O3. The summed E-state index contributed by atoms with van der Waals surface area (Å²) in [5, 5.41) is 16.6. The number of anilines is 1. The Hall–Kier alpha value is -4.65. The van der Waals surface area contributed by atoms with Crippen molar-refractivity contribution >= 4 is 29.7 Å². The van der Waals surface area contributed by atoms with E-state index in [-0.39, 0.29) is 18.6 Å². The number of carbonyl (C=O) groups is 1. The summed E-state index contributed by atoms with van der Waals surface area (Å²) in [6.07, 6.45) is 4.85. The van der Waals surface area contributed by atoms with Crippen LogP contribution in [0.4, 0.5) is 5.95 Å². The summed E-state index contributed by atoms with van der Waals surface area (Å²) in [7, 11) is 1.50. The maximum atomic E-state index is 12.3. The molecule has 0 bridgehead atoms. The minimum absolute atomic E-state index is 0.126. The molecule has 5 rings (SSSR count). The highest BCUT2D eigenvalue weighted by Gasteiger charge is 2.17. The van der Waals surface area contributed by atoms with Gasteiger partial charge in [-0.3, -0.25) is 4.79 Å². The highest BCUT2D eigenvalue weighted by Crippen LogP contribution is 2.25. The zero-order valence-corrected chi connectivity index (χ0v) is 21.8. The number of methoxy groups -OCH3 is 1. The minimum atomic E-state index is -0.427. The van der Waals surface area contributed by atoms with E-state index in [9.17, 15) is 4.79 Å². The molecule has 3 heterocycles. The number of nitrogens with one attached hydrogen (secondary N) is 1. The summed E-state index contributed by atoms with van der Waals surface area (Å²) in [5.41, 5.74) is 3.76. The van der Waals surface area contributed by atoms with E-state index in [4.69, 9.17) is 21.1 Å². The van der Waals surface area contributed by atoms with Gasteiger partial charge in [-0.15, -0.1) is 15.2 Å². The molecule has 1 amide bonds. The summed E-state index contributed by atoms with van der Waals surface area (Å²) >= 11 is 6.17. The number of hydrogen-bond acceptors (Lipinski definition) is 11. The number of hydrogen-bond donors (Lipinski definition) is 1. The van der Waals surface area contributed by atoms with Gasteiger partial charge < -0.3 is 14.4 Å². The first-order valence-corrected chi connectivity index (χ1v) is 12.6. The molecule has 4 aromatic rings. The number of nitrogens with zero attached hydrogens (tertiary/aromatic N) is 9. The predicted octanol–water partition coefficient (Wildman–Crippen LogP) is 3.12. The Morgan fingerprint density at radius 2 is 1.90 bits per heavy atom. The molecule has 2 aromatic heterocycles. The van der Waals surface area contributed by atoms with Crippen LogP contribution < -0.4 is 19.8 Å². The number of halogens is 1. The SMILES string of the molecule is COc1nc(Oc2cccc(/C=N\NC(=O)Cn3nnc(-c4ccccc4Cl)n3)c2)nc(N2CCCCC2)n1. The van der Waals surface area contributed by atoms with Crippen LogP contribution in [0.2, 0.25) is 5.02 Å². The molecule has 200 valence electrons. The van der Waals surface area contributed by atoms with Crippen molar-refractivity contribution < 1.29 is 14.3 Å². The van der Waals surface area contributed by atoms with Gasteiger partial charge in [0.05, 0.1) is 18.3 Å². The van der Waals surface area contributed by atoms with Crippen molar-refractivity contribution in [3.63, 3.8) is 0 Å². The monoisotopic (exact) mass is 548 g/mol. The number of piperidine rings is 1. The third-order valence-corrected chi connectivity index (χ3v) is 6.06. The predicted molar refractivity (Wildman–Crippen MR) is 143 cm³/mol. The van der Waals surface area contributed by atoms with Crippen molar-refractivity contribution in [2.45, 2.75) is 25.8 Å². The second-order valence-corrected chi connectivity index (χ2v) is 8.95. The van der Waals surface area contributed by atoms with Crippen LogP contribution in [0.15, 0.2) is 53.6 Å². The number of ether oxygens (including phenoxy) is 2. The summed E-state index contributed by atoms with van der Waals surface area (Å²) in [6, 6.07) is 14.5. The summed E-state index contributed by atoms with van der Waals surface area (Å²) in [6.45, 7) is 1.58. The van der Waals surface area contributed by atoms with Crippen LogP contribution in [0, 0.1) is 0 Å². The average Bonchev–Trinajstić information content (AvgIpc) is 3.41. The number of amides is 1. The maximum absolute atomic E-state index is 12.3. The molecule has 0 aliphatic carbocycles. The van der Waals surface area contributed by atoms with Gasteiger partial charge in [-0.25, -0.2) is 5.43 Å². The Morgan fingerprint density at radius 3 is 2.72 bits per heavy atom. The quantitative estimate of drug-likeness (QED) is 0.244. The van der Waals surface area contributed by atoms with E-state index in [1.165, 1.54) is 24.5 Å². The third kappa shape index (κ3) is 6.82. The highest BCUT2D eigenvalue weighted by molar-refractivity contribution is 6.33. The largest absolute Gasteiger partial charge is 0.467 e. The molecule has 14 heteroatoms. The molecule has 0 atom stereocenters. The van der Waals surface area contributed by atoms with Crippen molar-refractivity contribution in [3.05, 3.63) is 59.1 Å². The number of tetrazole rings is 1. The van der Waals surface area contributed by atoms with Crippen molar-refractivity contribution in [1.29, 1.82) is 0 Å². The Labute approximate surface area is 228 Å². The minimum Gasteiger partial charge on any atom is -0.467 e. The normalized spacial score (nSPS) is 13.4. The second-order valence-electron chi connectivity index (χ2n) is 8.54. The fourth-order valence-electron chi connectivity index (χ4n) is 3.87. The van der Waals surface area contributed by atoms with Gasteiger partial charge in [0.2, 0.25) is 11.8 Å². The topological polar surface area (TPSA) is 145 Å². The molecule has 0 unspecified atom stereocenters. The van der Waals surface area contributed by atoms with Gasteiger partial charge >= 0.3 is 12.0 Å². The Bertz CT molecular complexity index is 1470. The lowest BCUT2D eigenvalue weighted by atomic mass is 10.1. The number of aromatic nitrogens is 7. The standard InChI is InChI=1S/C25H25ClN10O3/c1-38-24-28-23(35-12-5-2-6-13-35)29-25(30-24)39-18-9-7-8-17(14-18)15-27-31-21(37)16-36-33-22(32-34-36)19-10-3-4-11-20(19)26/h3-4,7-11,14-15H,2,5-6,12-13,16H2,1H3,(H,31,37)/b27-15-. The first kappa shape index (κ1) is 26.0. The van der Waals surface area contributed by atoms with E-state index in [0.717, 1.165) is 25.9 Å². The van der Waals surface area contributed by atoms with Gasteiger partial charge in [0.15, 0.2) is 0 Å². The highest BCUT2D eigenvalue weighted by atomic mass is 35.5. The average molecular weight is 549 g/mol. The fraction of sp³-hybridized carbons (Fsp3) is 0.280. The summed E-state index contributed by atoms with van der Waals surface area (Å²) in [4.78, 5) is 28.6. The lowest BCUT2D eigenvalue weighted by Gasteiger charge is -2.26. The van der Waals surface area contributed by atoms with Crippen molar-refractivity contribution in [1.82, 2.24) is 40.6 Å². The lowest BCUT2D eigenvalue weighted by Crippen LogP contribution is -2.31. The molecule has 0 radical (unpaired) electrons. The van der Waals surface area contributed by atoms with Crippen molar-refractivity contribution in [3.8, 4) is 29.2 Å². The number of rotatable bonds is 9. The van der Waals surface area contributed by atoms with Crippen molar-refractivity contribution in [2.24, 2.45) is 5.10 Å².